The monoisotopic (exact) mass is 388 g/mol. The zero-order chi connectivity index (χ0) is 19.0. The Hall–Kier alpha value is -2.54. The molecular formula is C19H21ClN4O3. The summed E-state index contributed by atoms with van der Waals surface area (Å²) in [5.41, 5.74) is 2.47. The number of amides is 2. The number of piperazine rings is 1. The maximum atomic E-state index is 12.7. The minimum Gasteiger partial charge on any atom is -0.431 e. The van der Waals surface area contributed by atoms with Crippen molar-refractivity contribution in [2.75, 3.05) is 36.4 Å². The molecule has 7 nitrogen and oxygen atoms in total. The van der Waals surface area contributed by atoms with Crippen LogP contribution in [0.3, 0.4) is 0 Å². The zero-order valence-electron chi connectivity index (χ0n) is 15.1. The van der Waals surface area contributed by atoms with Crippen LogP contribution < -0.4 is 10.2 Å². The second kappa shape index (κ2) is 7.23. The Kier molecular flexibility index (Phi) is 4.78. The highest BCUT2D eigenvalue weighted by Gasteiger charge is 2.31. The van der Waals surface area contributed by atoms with Gasteiger partial charge in [-0.25, -0.2) is 0 Å². The molecule has 2 fully saturated rings. The Morgan fingerprint density at radius 1 is 1.22 bits per heavy atom. The second-order valence-electron chi connectivity index (χ2n) is 7.01. The lowest BCUT2D eigenvalue weighted by Gasteiger charge is -2.36. The van der Waals surface area contributed by atoms with Gasteiger partial charge in [0.2, 0.25) is 5.91 Å². The summed E-state index contributed by atoms with van der Waals surface area (Å²) in [7, 11) is 0. The van der Waals surface area contributed by atoms with E-state index in [-0.39, 0.29) is 29.4 Å². The third-order valence-corrected chi connectivity index (χ3v) is 5.22. The molecule has 0 unspecified atom stereocenters. The number of anilines is 2. The molecule has 2 aromatic rings. The average Bonchev–Trinajstić information content (AvgIpc) is 3.43. The van der Waals surface area contributed by atoms with Gasteiger partial charge in [-0.1, -0.05) is 17.7 Å². The topological polar surface area (TPSA) is 78.7 Å². The van der Waals surface area contributed by atoms with E-state index in [0.29, 0.717) is 18.1 Å². The average molecular weight is 389 g/mol. The number of oxazole rings is 1. The summed E-state index contributed by atoms with van der Waals surface area (Å²) in [6.07, 6.45) is 3.10. The van der Waals surface area contributed by atoms with Crippen molar-refractivity contribution in [1.29, 1.82) is 0 Å². The number of hydrogen-bond acceptors (Lipinski definition) is 5. The lowest BCUT2D eigenvalue weighted by atomic mass is 10.1. The molecule has 4 rings (SSSR count). The summed E-state index contributed by atoms with van der Waals surface area (Å²) in [4.78, 5) is 32.5. The van der Waals surface area contributed by atoms with E-state index in [0.717, 1.165) is 37.2 Å². The van der Waals surface area contributed by atoms with Gasteiger partial charge in [0.05, 0.1) is 0 Å². The van der Waals surface area contributed by atoms with Crippen molar-refractivity contribution in [1.82, 2.24) is 9.88 Å². The van der Waals surface area contributed by atoms with E-state index in [1.54, 1.807) is 4.90 Å². The highest BCUT2D eigenvalue weighted by atomic mass is 35.5. The van der Waals surface area contributed by atoms with Crippen LogP contribution in [0.25, 0.3) is 0 Å². The van der Waals surface area contributed by atoms with Crippen molar-refractivity contribution in [3.63, 3.8) is 0 Å². The van der Waals surface area contributed by atoms with E-state index in [9.17, 15) is 9.59 Å². The summed E-state index contributed by atoms with van der Waals surface area (Å²) in [5, 5.41) is 3.32. The molecule has 0 bridgehead atoms. The van der Waals surface area contributed by atoms with E-state index in [1.165, 1.54) is 6.26 Å². The molecule has 2 aliphatic rings. The smallest absolute Gasteiger partial charge is 0.302 e. The molecule has 1 aromatic carbocycles. The fourth-order valence-corrected chi connectivity index (χ4v) is 3.38. The number of nitrogens with one attached hydrogen (secondary N) is 1. The Morgan fingerprint density at radius 2 is 1.96 bits per heavy atom. The fraction of sp³-hybridized carbons (Fsp3) is 0.421. The predicted molar refractivity (Wildman–Crippen MR) is 102 cm³/mol. The number of halogens is 1. The van der Waals surface area contributed by atoms with Crippen molar-refractivity contribution < 1.29 is 14.0 Å². The van der Waals surface area contributed by atoms with Gasteiger partial charge in [-0.2, -0.15) is 4.98 Å². The van der Waals surface area contributed by atoms with Crippen LogP contribution in [0.4, 0.5) is 11.7 Å². The number of carbonyl (C=O) groups excluding carboxylic acids is 2. The van der Waals surface area contributed by atoms with Crippen LogP contribution >= 0.6 is 11.6 Å². The minimum absolute atomic E-state index is 0.0547. The maximum absolute atomic E-state index is 12.7. The molecule has 1 saturated carbocycles. The molecule has 1 aliphatic carbocycles. The van der Waals surface area contributed by atoms with Crippen LogP contribution in [0.1, 0.15) is 28.9 Å². The van der Waals surface area contributed by atoms with Gasteiger partial charge in [0.25, 0.3) is 5.91 Å². The Morgan fingerprint density at radius 3 is 2.67 bits per heavy atom. The van der Waals surface area contributed by atoms with Crippen molar-refractivity contribution in [2.45, 2.75) is 19.8 Å². The maximum Gasteiger partial charge on any atom is 0.302 e. The largest absolute Gasteiger partial charge is 0.431 e. The highest BCUT2D eigenvalue weighted by Crippen LogP contribution is 2.30. The third-order valence-electron chi connectivity index (χ3n) is 4.98. The van der Waals surface area contributed by atoms with Crippen LogP contribution in [0.15, 0.2) is 28.9 Å². The van der Waals surface area contributed by atoms with E-state index in [4.69, 9.17) is 16.0 Å². The third kappa shape index (κ3) is 3.93. The first-order chi connectivity index (χ1) is 13.0. The number of benzene rings is 1. The van der Waals surface area contributed by atoms with Crippen LogP contribution in [0, 0.1) is 12.8 Å². The van der Waals surface area contributed by atoms with Gasteiger partial charge in [0.1, 0.15) is 6.26 Å². The van der Waals surface area contributed by atoms with Crippen molar-refractivity contribution in [3.8, 4) is 0 Å². The standard InChI is InChI=1S/C19H21ClN4O3/c1-12-2-5-14(20)10-16(12)23-6-8-24(9-7-23)18(26)15-11-27-19(21-15)22-17(25)13-3-4-13/h2,5,10-11,13H,3-4,6-9H2,1H3,(H,21,22,25). The number of rotatable bonds is 4. The molecule has 0 spiro atoms. The minimum atomic E-state index is -0.187. The zero-order valence-corrected chi connectivity index (χ0v) is 15.8. The Labute approximate surface area is 162 Å². The number of nitrogens with zero attached hydrogens (tertiary/aromatic N) is 3. The van der Waals surface area contributed by atoms with Gasteiger partial charge in [0.15, 0.2) is 5.69 Å². The first kappa shape index (κ1) is 17.9. The van der Waals surface area contributed by atoms with Gasteiger partial charge in [0, 0.05) is 42.8 Å². The summed E-state index contributed by atoms with van der Waals surface area (Å²) < 4.78 is 5.23. The molecule has 8 heteroatoms. The molecular weight excluding hydrogens is 368 g/mol. The molecule has 1 aromatic heterocycles. The molecule has 27 heavy (non-hydrogen) atoms. The first-order valence-corrected chi connectivity index (χ1v) is 9.46. The summed E-state index contributed by atoms with van der Waals surface area (Å²) in [6, 6.07) is 5.93. The van der Waals surface area contributed by atoms with Crippen LogP contribution in [0.5, 0.6) is 0 Å². The van der Waals surface area contributed by atoms with Gasteiger partial charge < -0.3 is 14.2 Å². The summed E-state index contributed by atoms with van der Waals surface area (Å²) in [6.45, 7) is 4.66. The molecule has 1 saturated heterocycles. The number of carbonyl (C=O) groups is 2. The number of aromatic nitrogens is 1. The van der Waals surface area contributed by atoms with Crippen LogP contribution in [0.2, 0.25) is 5.02 Å². The molecule has 1 N–H and O–H groups in total. The van der Waals surface area contributed by atoms with Crippen LogP contribution in [-0.2, 0) is 4.79 Å². The normalized spacial score (nSPS) is 17.1. The van der Waals surface area contributed by atoms with Gasteiger partial charge in [-0.05, 0) is 37.5 Å². The molecule has 0 radical (unpaired) electrons. The van der Waals surface area contributed by atoms with Crippen molar-refractivity contribution in [3.05, 3.63) is 40.7 Å². The van der Waals surface area contributed by atoms with Gasteiger partial charge in [-0.3, -0.25) is 14.9 Å². The van der Waals surface area contributed by atoms with Gasteiger partial charge in [-0.15, -0.1) is 0 Å². The molecule has 142 valence electrons. The first-order valence-electron chi connectivity index (χ1n) is 9.08. The van der Waals surface area contributed by atoms with Gasteiger partial charge >= 0.3 is 6.01 Å². The molecule has 1 aliphatic heterocycles. The number of aryl methyl sites for hydroxylation is 1. The van der Waals surface area contributed by atoms with E-state index < -0.39 is 0 Å². The van der Waals surface area contributed by atoms with E-state index in [1.807, 2.05) is 18.2 Å². The lowest BCUT2D eigenvalue weighted by molar-refractivity contribution is -0.117. The highest BCUT2D eigenvalue weighted by molar-refractivity contribution is 6.30. The van der Waals surface area contributed by atoms with Crippen LogP contribution in [-0.4, -0.2) is 47.9 Å². The summed E-state index contributed by atoms with van der Waals surface area (Å²) >= 11 is 6.12. The van der Waals surface area contributed by atoms with Crippen molar-refractivity contribution in [2.24, 2.45) is 5.92 Å². The van der Waals surface area contributed by atoms with Crippen molar-refractivity contribution >= 4 is 35.1 Å². The molecule has 2 amide bonds. The van der Waals surface area contributed by atoms with E-state index >= 15 is 0 Å². The van der Waals surface area contributed by atoms with E-state index in [2.05, 4.69) is 22.1 Å². The summed E-state index contributed by atoms with van der Waals surface area (Å²) in [5.74, 6) is -0.228. The quantitative estimate of drug-likeness (QED) is 0.871. The fourth-order valence-electron chi connectivity index (χ4n) is 3.22. The second-order valence-corrected chi connectivity index (χ2v) is 7.45. The molecule has 2 heterocycles. The Balaban J connectivity index is 1.36. The lowest BCUT2D eigenvalue weighted by Crippen LogP contribution is -2.49. The Bertz CT molecular complexity index is 870. The molecule has 0 atom stereocenters. The predicted octanol–water partition coefficient (Wildman–Crippen LogP) is 2.95. The SMILES string of the molecule is Cc1ccc(Cl)cc1N1CCN(C(=O)c2coc(NC(=O)C3CC3)n2)CC1. The number of hydrogen-bond donors (Lipinski definition) is 1.